The molecule has 1 rings (SSSR count). The fraction of sp³-hybridized carbons (Fsp3) is 1.00. The van der Waals surface area contributed by atoms with E-state index in [2.05, 4.69) is 31.2 Å². The average Bonchev–Trinajstić information content (AvgIpc) is 2.05. The standard InChI is InChI=1S/C10H22N2/c1-4-5-9-6-7-11-8-10(9)12(2)3/h9-11H,4-8H2,1-3H3. The van der Waals surface area contributed by atoms with Gasteiger partial charge in [-0.1, -0.05) is 13.3 Å². The van der Waals surface area contributed by atoms with Crippen LogP contribution in [0.3, 0.4) is 0 Å². The topological polar surface area (TPSA) is 15.3 Å². The van der Waals surface area contributed by atoms with Gasteiger partial charge in [0.15, 0.2) is 0 Å². The third-order valence-electron chi connectivity index (χ3n) is 2.91. The Morgan fingerprint density at radius 3 is 2.75 bits per heavy atom. The molecule has 0 aliphatic carbocycles. The first-order valence-corrected chi connectivity index (χ1v) is 5.12. The summed E-state index contributed by atoms with van der Waals surface area (Å²) in [4.78, 5) is 2.37. The van der Waals surface area contributed by atoms with Gasteiger partial charge in [-0.2, -0.15) is 0 Å². The lowest BCUT2D eigenvalue weighted by atomic mass is 9.88. The van der Waals surface area contributed by atoms with Crippen molar-refractivity contribution in [2.75, 3.05) is 27.2 Å². The van der Waals surface area contributed by atoms with Crippen molar-refractivity contribution in [3.05, 3.63) is 0 Å². The molecule has 1 aliphatic rings. The fourth-order valence-electron chi connectivity index (χ4n) is 2.21. The van der Waals surface area contributed by atoms with Gasteiger partial charge in [0.25, 0.3) is 0 Å². The monoisotopic (exact) mass is 170 g/mol. The van der Waals surface area contributed by atoms with Gasteiger partial charge in [-0.15, -0.1) is 0 Å². The number of hydrogen-bond donors (Lipinski definition) is 1. The number of rotatable bonds is 3. The minimum atomic E-state index is 0.763. The van der Waals surface area contributed by atoms with Crippen molar-refractivity contribution in [1.82, 2.24) is 10.2 Å². The van der Waals surface area contributed by atoms with E-state index in [0.717, 1.165) is 12.0 Å². The minimum absolute atomic E-state index is 0.763. The lowest BCUT2D eigenvalue weighted by Gasteiger charge is -2.36. The molecule has 0 amide bonds. The van der Waals surface area contributed by atoms with E-state index in [1.807, 2.05) is 0 Å². The Hall–Kier alpha value is -0.0800. The van der Waals surface area contributed by atoms with Gasteiger partial charge >= 0.3 is 0 Å². The zero-order chi connectivity index (χ0) is 8.97. The second-order valence-corrected chi connectivity index (χ2v) is 4.07. The van der Waals surface area contributed by atoms with Crippen LogP contribution < -0.4 is 5.32 Å². The van der Waals surface area contributed by atoms with Crippen LogP contribution in [0.15, 0.2) is 0 Å². The third kappa shape index (κ3) is 2.46. The normalized spacial score (nSPS) is 31.0. The number of hydrogen-bond acceptors (Lipinski definition) is 2. The number of likely N-dealkylation sites (N-methyl/N-ethyl adjacent to an activating group) is 1. The molecule has 1 saturated heterocycles. The summed E-state index contributed by atoms with van der Waals surface area (Å²) in [6.07, 6.45) is 4.08. The molecule has 0 aromatic rings. The highest BCUT2D eigenvalue weighted by Crippen LogP contribution is 2.21. The Balaban J connectivity index is 2.42. The maximum absolute atomic E-state index is 3.46. The summed E-state index contributed by atoms with van der Waals surface area (Å²) in [7, 11) is 4.39. The Morgan fingerprint density at radius 2 is 2.17 bits per heavy atom. The highest BCUT2D eigenvalue weighted by molar-refractivity contribution is 4.82. The van der Waals surface area contributed by atoms with Crippen LogP contribution in [0.2, 0.25) is 0 Å². The van der Waals surface area contributed by atoms with Crippen LogP contribution in [0.25, 0.3) is 0 Å². The van der Waals surface area contributed by atoms with Crippen LogP contribution in [-0.4, -0.2) is 38.1 Å². The van der Waals surface area contributed by atoms with E-state index in [-0.39, 0.29) is 0 Å². The smallest absolute Gasteiger partial charge is 0.0243 e. The van der Waals surface area contributed by atoms with E-state index in [1.165, 1.54) is 32.4 Å². The second kappa shape index (κ2) is 4.83. The van der Waals surface area contributed by atoms with Gasteiger partial charge in [-0.25, -0.2) is 0 Å². The van der Waals surface area contributed by atoms with Gasteiger partial charge in [-0.05, 0) is 39.4 Å². The van der Waals surface area contributed by atoms with E-state index in [4.69, 9.17) is 0 Å². The molecule has 1 N–H and O–H groups in total. The molecule has 0 aromatic carbocycles. The number of nitrogens with zero attached hydrogens (tertiary/aromatic N) is 1. The molecule has 1 aliphatic heterocycles. The molecule has 2 heteroatoms. The van der Waals surface area contributed by atoms with Crippen LogP contribution in [0.1, 0.15) is 26.2 Å². The number of piperidine rings is 1. The van der Waals surface area contributed by atoms with Gasteiger partial charge in [0, 0.05) is 12.6 Å². The highest BCUT2D eigenvalue weighted by atomic mass is 15.1. The first-order valence-electron chi connectivity index (χ1n) is 5.12. The first kappa shape index (κ1) is 10.0. The Morgan fingerprint density at radius 1 is 1.42 bits per heavy atom. The van der Waals surface area contributed by atoms with Crippen LogP contribution in [0.5, 0.6) is 0 Å². The van der Waals surface area contributed by atoms with Crippen molar-refractivity contribution in [2.24, 2.45) is 5.92 Å². The molecule has 1 fully saturated rings. The summed E-state index contributed by atoms with van der Waals surface area (Å²) in [5, 5.41) is 3.46. The second-order valence-electron chi connectivity index (χ2n) is 4.07. The molecule has 2 atom stereocenters. The van der Waals surface area contributed by atoms with E-state index in [9.17, 15) is 0 Å². The molecular formula is C10H22N2. The van der Waals surface area contributed by atoms with Crippen LogP contribution in [-0.2, 0) is 0 Å². The van der Waals surface area contributed by atoms with Crippen molar-refractivity contribution in [3.8, 4) is 0 Å². The third-order valence-corrected chi connectivity index (χ3v) is 2.91. The molecule has 2 nitrogen and oxygen atoms in total. The predicted octanol–water partition coefficient (Wildman–Crippen LogP) is 1.33. The minimum Gasteiger partial charge on any atom is -0.315 e. The summed E-state index contributed by atoms with van der Waals surface area (Å²) >= 11 is 0. The van der Waals surface area contributed by atoms with E-state index < -0.39 is 0 Å². The molecule has 72 valence electrons. The van der Waals surface area contributed by atoms with Crippen LogP contribution in [0.4, 0.5) is 0 Å². The van der Waals surface area contributed by atoms with Crippen molar-refractivity contribution in [1.29, 1.82) is 0 Å². The van der Waals surface area contributed by atoms with Gasteiger partial charge in [0.1, 0.15) is 0 Å². The fourth-order valence-corrected chi connectivity index (χ4v) is 2.21. The molecule has 12 heavy (non-hydrogen) atoms. The summed E-state index contributed by atoms with van der Waals surface area (Å²) in [6, 6.07) is 0.763. The molecule has 0 bridgehead atoms. The molecule has 1 heterocycles. The molecule has 0 radical (unpaired) electrons. The zero-order valence-electron chi connectivity index (χ0n) is 8.64. The van der Waals surface area contributed by atoms with E-state index in [0.29, 0.717) is 0 Å². The quantitative estimate of drug-likeness (QED) is 0.687. The van der Waals surface area contributed by atoms with Crippen LogP contribution in [0, 0.1) is 5.92 Å². The summed E-state index contributed by atoms with van der Waals surface area (Å²) in [6.45, 7) is 4.68. The first-order chi connectivity index (χ1) is 5.75. The lowest BCUT2D eigenvalue weighted by Crippen LogP contribution is -2.48. The van der Waals surface area contributed by atoms with Gasteiger partial charge in [0.2, 0.25) is 0 Å². The highest BCUT2D eigenvalue weighted by Gasteiger charge is 2.25. The summed E-state index contributed by atoms with van der Waals surface area (Å²) < 4.78 is 0. The molecule has 0 aromatic heterocycles. The van der Waals surface area contributed by atoms with E-state index >= 15 is 0 Å². The van der Waals surface area contributed by atoms with Crippen molar-refractivity contribution < 1.29 is 0 Å². The van der Waals surface area contributed by atoms with Gasteiger partial charge < -0.3 is 10.2 Å². The maximum atomic E-state index is 3.46. The van der Waals surface area contributed by atoms with Crippen molar-refractivity contribution in [2.45, 2.75) is 32.2 Å². The molecule has 0 saturated carbocycles. The van der Waals surface area contributed by atoms with Crippen molar-refractivity contribution >= 4 is 0 Å². The Labute approximate surface area is 76.3 Å². The Bertz CT molecular complexity index is 121. The maximum Gasteiger partial charge on any atom is 0.0243 e. The average molecular weight is 170 g/mol. The summed E-state index contributed by atoms with van der Waals surface area (Å²) in [5.41, 5.74) is 0. The lowest BCUT2D eigenvalue weighted by molar-refractivity contribution is 0.160. The Kier molecular flexibility index (Phi) is 4.02. The van der Waals surface area contributed by atoms with Gasteiger partial charge in [0.05, 0.1) is 0 Å². The molecule has 2 unspecified atom stereocenters. The number of nitrogens with one attached hydrogen (secondary N) is 1. The molecular weight excluding hydrogens is 148 g/mol. The van der Waals surface area contributed by atoms with Crippen molar-refractivity contribution in [3.63, 3.8) is 0 Å². The van der Waals surface area contributed by atoms with Crippen LogP contribution >= 0.6 is 0 Å². The molecule has 0 spiro atoms. The summed E-state index contributed by atoms with van der Waals surface area (Å²) in [5.74, 6) is 0.922. The van der Waals surface area contributed by atoms with Gasteiger partial charge in [-0.3, -0.25) is 0 Å². The van der Waals surface area contributed by atoms with E-state index in [1.54, 1.807) is 0 Å². The zero-order valence-corrected chi connectivity index (χ0v) is 8.64. The largest absolute Gasteiger partial charge is 0.315 e. The SMILES string of the molecule is CCCC1CCNCC1N(C)C. The predicted molar refractivity (Wildman–Crippen MR) is 53.4 cm³/mol.